The molecule has 94 valence electrons. The van der Waals surface area contributed by atoms with E-state index < -0.39 is 9.84 Å². The first kappa shape index (κ1) is 12.3. The predicted octanol–water partition coefficient (Wildman–Crippen LogP) is -0.408. The van der Waals surface area contributed by atoms with Crippen molar-refractivity contribution in [3.05, 3.63) is 18.1 Å². The van der Waals surface area contributed by atoms with Crippen LogP contribution in [0.2, 0.25) is 0 Å². The zero-order valence-corrected chi connectivity index (χ0v) is 10.4. The van der Waals surface area contributed by atoms with Gasteiger partial charge in [-0.25, -0.2) is 13.4 Å². The molecule has 1 unspecified atom stereocenters. The maximum absolute atomic E-state index is 11.4. The molecule has 0 bridgehead atoms. The van der Waals surface area contributed by atoms with E-state index in [1.165, 1.54) is 6.20 Å². The van der Waals surface area contributed by atoms with Gasteiger partial charge in [-0.2, -0.15) is 0 Å². The monoisotopic (exact) mass is 257 g/mol. The van der Waals surface area contributed by atoms with Crippen LogP contribution in [0.1, 0.15) is 12.1 Å². The van der Waals surface area contributed by atoms with E-state index in [-0.39, 0.29) is 24.2 Å². The number of aliphatic hydroxyl groups is 1. The van der Waals surface area contributed by atoms with Crippen molar-refractivity contribution in [1.82, 2.24) is 9.97 Å². The van der Waals surface area contributed by atoms with Gasteiger partial charge < -0.3 is 10.0 Å². The fourth-order valence-corrected chi connectivity index (χ4v) is 3.68. The molecule has 0 amide bonds. The summed E-state index contributed by atoms with van der Waals surface area (Å²) >= 11 is 0. The largest absolute Gasteiger partial charge is 0.390 e. The Kier molecular flexibility index (Phi) is 3.30. The molecule has 0 aliphatic carbocycles. The minimum atomic E-state index is -2.90. The average molecular weight is 257 g/mol. The van der Waals surface area contributed by atoms with E-state index in [0.717, 1.165) is 0 Å². The van der Waals surface area contributed by atoms with Crippen LogP contribution in [-0.2, 0) is 16.4 Å². The fraction of sp³-hybridized carbons (Fsp3) is 0.600. The second-order valence-electron chi connectivity index (χ2n) is 4.19. The first-order valence-corrected chi connectivity index (χ1v) is 7.19. The van der Waals surface area contributed by atoms with Crippen molar-refractivity contribution >= 4 is 15.7 Å². The molecule has 1 fully saturated rings. The lowest BCUT2D eigenvalue weighted by Gasteiger charge is -2.24. The van der Waals surface area contributed by atoms with Crippen LogP contribution in [0.4, 0.5) is 5.82 Å². The topological polar surface area (TPSA) is 83.4 Å². The molecule has 17 heavy (non-hydrogen) atoms. The Hall–Kier alpha value is -1.21. The van der Waals surface area contributed by atoms with Crippen LogP contribution in [0.5, 0.6) is 0 Å². The molecular weight excluding hydrogens is 242 g/mol. The van der Waals surface area contributed by atoms with E-state index in [2.05, 4.69) is 9.97 Å². The molecule has 1 aromatic rings. The molecular formula is C10H15N3O3S. The number of sulfone groups is 1. The molecule has 1 aliphatic heterocycles. The first-order chi connectivity index (χ1) is 8.02. The van der Waals surface area contributed by atoms with Gasteiger partial charge in [0.2, 0.25) is 0 Å². The van der Waals surface area contributed by atoms with E-state index in [4.69, 9.17) is 5.11 Å². The van der Waals surface area contributed by atoms with Crippen LogP contribution in [0.25, 0.3) is 0 Å². The summed E-state index contributed by atoms with van der Waals surface area (Å²) in [5, 5.41) is 8.98. The van der Waals surface area contributed by atoms with Crippen LogP contribution in [0, 0.1) is 0 Å². The SMILES string of the molecule is CN(c1cncc(CO)n1)C1CCS(=O)(=O)C1. The van der Waals surface area contributed by atoms with Gasteiger partial charge in [-0.1, -0.05) is 0 Å². The van der Waals surface area contributed by atoms with Gasteiger partial charge in [0.05, 0.1) is 36.2 Å². The third kappa shape index (κ3) is 2.73. The Labute approximate surface area is 100 Å². The van der Waals surface area contributed by atoms with Crippen molar-refractivity contribution in [3.8, 4) is 0 Å². The summed E-state index contributed by atoms with van der Waals surface area (Å²) in [4.78, 5) is 9.99. The average Bonchev–Trinajstić information content (AvgIpc) is 2.69. The van der Waals surface area contributed by atoms with Gasteiger partial charge in [-0.3, -0.25) is 4.98 Å². The second kappa shape index (κ2) is 4.58. The lowest BCUT2D eigenvalue weighted by molar-refractivity contribution is 0.276. The molecule has 7 heteroatoms. The Morgan fingerprint density at radius 1 is 1.53 bits per heavy atom. The minimum Gasteiger partial charge on any atom is -0.390 e. The first-order valence-electron chi connectivity index (χ1n) is 5.37. The summed E-state index contributed by atoms with van der Waals surface area (Å²) < 4.78 is 22.8. The number of rotatable bonds is 3. The van der Waals surface area contributed by atoms with Gasteiger partial charge in [0.25, 0.3) is 0 Å². The van der Waals surface area contributed by atoms with E-state index >= 15 is 0 Å². The van der Waals surface area contributed by atoms with Crippen molar-refractivity contribution in [2.75, 3.05) is 23.5 Å². The van der Waals surface area contributed by atoms with Gasteiger partial charge in [0.1, 0.15) is 5.82 Å². The Bertz CT molecular complexity index is 503. The number of anilines is 1. The molecule has 0 radical (unpaired) electrons. The van der Waals surface area contributed by atoms with Crippen molar-refractivity contribution in [2.24, 2.45) is 0 Å². The van der Waals surface area contributed by atoms with Crippen LogP contribution in [-0.4, -0.2) is 48.1 Å². The van der Waals surface area contributed by atoms with Gasteiger partial charge in [-0.05, 0) is 6.42 Å². The number of aromatic nitrogens is 2. The van der Waals surface area contributed by atoms with Crippen LogP contribution >= 0.6 is 0 Å². The highest BCUT2D eigenvalue weighted by molar-refractivity contribution is 7.91. The van der Waals surface area contributed by atoms with Gasteiger partial charge >= 0.3 is 0 Å². The summed E-state index contributed by atoms with van der Waals surface area (Å²) in [6.45, 7) is -0.169. The van der Waals surface area contributed by atoms with Crippen LogP contribution in [0.3, 0.4) is 0 Å². The molecule has 1 N–H and O–H groups in total. The van der Waals surface area contributed by atoms with E-state index in [1.54, 1.807) is 13.2 Å². The van der Waals surface area contributed by atoms with Gasteiger partial charge in [0.15, 0.2) is 9.84 Å². The van der Waals surface area contributed by atoms with Gasteiger partial charge in [-0.15, -0.1) is 0 Å². The molecule has 2 rings (SSSR count). The number of nitrogens with zero attached hydrogens (tertiary/aromatic N) is 3. The molecule has 0 saturated carbocycles. The predicted molar refractivity (Wildman–Crippen MR) is 63.4 cm³/mol. The minimum absolute atomic E-state index is 0.0526. The highest BCUT2D eigenvalue weighted by Gasteiger charge is 2.31. The number of aliphatic hydroxyl groups excluding tert-OH is 1. The maximum atomic E-state index is 11.4. The second-order valence-corrected chi connectivity index (χ2v) is 6.42. The molecule has 1 aliphatic rings. The molecule has 2 heterocycles. The summed E-state index contributed by atoms with van der Waals surface area (Å²) in [5.41, 5.74) is 0.482. The zero-order valence-electron chi connectivity index (χ0n) is 9.57. The number of hydrogen-bond acceptors (Lipinski definition) is 6. The summed E-state index contributed by atoms with van der Waals surface area (Å²) in [5.74, 6) is 0.988. The molecule has 1 atom stereocenters. The molecule has 1 saturated heterocycles. The smallest absolute Gasteiger partial charge is 0.152 e. The Morgan fingerprint density at radius 3 is 2.88 bits per heavy atom. The normalized spacial score (nSPS) is 22.6. The standard InChI is InChI=1S/C10H15N3O3S/c1-13(9-2-3-17(15,16)7-9)10-5-11-4-8(6-14)12-10/h4-5,9,14H,2-3,6-7H2,1H3. The quantitative estimate of drug-likeness (QED) is 0.792. The molecule has 0 aromatic carbocycles. The zero-order chi connectivity index (χ0) is 12.5. The van der Waals surface area contributed by atoms with Crippen molar-refractivity contribution < 1.29 is 13.5 Å². The van der Waals surface area contributed by atoms with Crippen LogP contribution in [0.15, 0.2) is 12.4 Å². The lowest BCUT2D eigenvalue weighted by Crippen LogP contribution is -2.33. The van der Waals surface area contributed by atoms with Crippen molar-refractivity contribution in [3.63, 3.8) is 0 Å². The van der Waals surface area contributed by atoms with Crippen molar-refractivity contribution in [2.45, 2.75) is 19.1 Å². The Balaban J connectivity index is 2.17. The van der Waals surface area contributed by atoms with Crippen molar-refractivity contribution in [1.29, 1.82) is 0 Å². The molecule has 0 spiro atoms. The molecule has 1 aromatic heterocycles. The lowest BCUT2D eigenvalue weighted by atomic mass is 10.2. The van der Waals surface area contributed by atoms with Gasteiger partial charge in [0, 0.05) is 13.1 Å². The van der Waals surface area contributed by atoms with E-state index in [0.29, 0.717) is 17.9 Å². The summed E-state index contributed by atoms with van der Waals surface area (Å²) in [6.07, 6.45) is 3.68. The van der Waals surface area contributed by atoms with E-state index in [9.17, 15) is 8.42 Å². The fourth-order valence-electron chi connectivity index (χ4n) is 1.91. The van der Waals surface area contributed by atoms with E-state index in [1.807, 2.05) is 4.90 Å². The summed E-state index contributed by atoms with van der Waals surface area (Å²) in [6, 6.07) is -0.0526. The Morgan fingerprint density at radius 2 is 2.29 bits per heavy atom. The maximum Gasteiger partial charge on any atom is 0.152 e. The third-order valence-corrected chi connectivity index (χ3v) is 4.70. The number of hydrogen-bond donors (Lipinski definition) is 1. The van der Waals surface area contributed by atoms with Crippen LogP contribution < -0.4 is 4.90 Å². The molecule has 6 nitrogen and oxygen atoms in total. The highest BCUT2D eigenvalue weighted by Crippen LogP contribution is 2.20. The highest BCUT2D eigenvalue weighted by atomic mass is 32.2. The summed E-state index contributed by atoms with van der Waals surface area (Å²) in [7, 11) is -1.10. The third-order valence-electron chi connectivity index (χ3n) is 2.95.